The van der Waals surface area contributed by atoms with Crippen molar-refractivity contribution in [1.29, 1.82) is 0 Å². The summed E-state index contributed by atoms with van der Waals surface area (Å²) in [6.45, 7) is 0. The summed E-state index contributed by atoms with van der Waals surface area (Å²) in [4.78, 5) is 24.7. The molecule has 1 aliphatic carbocycles. The van der Waals surface area contributed by atoms with Crippen molar-refractivity contribution >= 4 is 17.6 Å². The maximum atomic E-state index is 11.4. The number of aliphatic carboxylic acids is 1. The molecule has 74 valence electrons. The molecule has 1 fully saturated rings. The fraction of sp³-hybridized carbons (Fsp3) is 0.333. The van der Waals surface area contributed by atoms with Gasteiger partial charge in [-0.1, -0.05) is 11.6 Å². The number of pyridine rings is 1. The molecule has 4 nitrogen and oxygen atoms in total. The highest BCUT2D eigenvalue weighted by Gasteiger charge is 2.53. The molecule has 0 spiro atoms. The van der Waals surface area contributed by atoms with Gasteiger partial charge < -0.3 is 10.1 Å². The lowest BCUT2D eigenvalue weighted by Crippen LogP contribution is -2.27. The van der Waals surface area contributed by atoms with E-state index in [-0.39, 0.29) is 5.15 Å². The molecule has 0 bridgehead atoms. The van der Waals surface area contributed by atoms with Gasteiger partial charge in [0.05, 0.1) is 5.41 Å². The minimum Gasteiger partial charge on any atom is -0.481 e. The molecular weight excluding hydrogens is 206 g/mol. The van der Waals surface area contributed by atoms with Gasteiger partial charge >= 0.3 is 5.97 Å². The van der Waals surface area contributed by atoms with Crippen LogP contribution in [0.1, 0.15) is 18.4 Å². The van der Waals surface area contributed by atoms with Crippen molar-refractivity contribution in [2.75, 3.05) is 0 Å². The van der Waals surface area contributed by atoms with Crippen LogP contribution < -0.4 is 5.56 Å². The quantitative estimate of drug-likeness (QED) is 0.724. The van der Waals surface area contributed by atoms with Gasteiger partial charge in [0.25, 0.3) is 5.56 Å². The Kier molecular flexibility index (Phi) is 1.89. The molecule has 2 N–H and O–H groups in total. The zero-order valence-electron chi connectivity index (χ0n) is 7.21. The molecule has 0 radical (unpaired) electrons. The van der Waals surface area contributed by atoms with Crippen molar-refractivity contribution in [2.45, 2.75) is 18.3 Å². The molecule has 0 aliphatic heterocycles. The van der Waals surface area contributed by atoms with Gasteiger partial charge in [0.1, 0.15) is 5.15 Å². The van der Waals surface area contributed by atoms with E-state index in [1.165, 1.54) is 12.1 Å². The van der Waals surface area contributed by atoms with Crippen molar-refractivity contribution in [3.63, 3.8) is 0 Å². The van der Waals surface area contributed by atoms with E-state index in [4.69, 9.17) is 16.7 Å². The summed E-state index contributed by atoms with van der Waals surface area (Å²) in [6.07, 6.45) is 1.04. The number of aromatic nitrogens is 1. The van der Waals surface area contributed by atoms with Crippen LogP contribution in [-0.2, 0) is 10.2 Å². The fourth-order valence-electron chi connectivity index (χ4n) is 1.55. The lowest BCUT2D eigenvalue weighted by atomic mass is 9.98. The van der Waals surface area contributed by atoms with Crippen molar-refractivity contribution < 1.29 is 9.90 Å². The first-order chi connectivity index (χ1) is 6.56. The molecule has 2 rings (SSSR count). The number of halogens is 1. The standard InChI is InChI=1S/C9H8ClNO3/c10-6-2-1-5(7(12)11-6)9(3-4-9)8(13)14/h1-2H,3-4H2,(H,11,12)(H,13,14). The average Bonchev–Trinajstić information content (AvgIpc) is 2.84. The van der Waals surface area contributed by atoms with Crippen LogP contribution in [0.15, 0.2) is 16.9 Å². The van der Waals surface area contributed by atoms with E-state index in [0.717, 1.165) is 0 Å². The Bertz CT molecular complexity index is 448. The van der Waals surface area contributed by atoms with Crippen molar-refractivity contribution in [3.8, 4) is 0 Å². The molecule has 1 aromatic heterocycles. The second kappa shape index (κ2) is 2.85. The molecule has 0 atom stereocenters. The number of nitrogens with one attached hydrogen (secondary N) is 1. The number of hydrogen-bond acceptors (Lipinski definition) is 2. The van der Waals surface area contributed by atoms with Crippen LogP contribution >= 0.6 is 11.6 Å². The molecule has 1 saturated carbocycles. The normalized spacial score (nSPS) is 17.8. The first kappa shape index (κ1) is 9.27. The topological polar surface area (TPSA) is 70.2 Å². The zero-order chi connectivity index (χ0) is 10.3. The Morgan fingerprint density at radius 3 is 2.57 bits per heavy atom. The zero-order valence-corrected chi connectivity index (χ0v) is 7.97. The number of carboxylic acids is 1. The molecule has 1 aromatic rings. The lowest BCUT2D eigenvalue weighted by Gasteiger charge is -2.07. The van der Waals surface area contributed by atoms with Crippen molar-refractivity contribution in [1.82, 2.24) is 4.98 Å². The molecule has 0 saturated heterocycles. The fourth-order valence-corrected chi connectivity index (χ4v) is 1.70. The minimum atomic E-state index is -0.960. The Labute approximate surface area is 84.5 Å². The minimum absolute atomic E-state index is 0.222. The monoisotopic (exact) mass is 213 g/mol. The van der Waals surface area contributed by atoms with Gasteiger partial charge in [-0.25, -0.2) is 0 Å². The van der Waals surface area contributed by atoms with Gasteiger partial charge in [-0.2, -0.15) is 0 Å². The van der Waals surface area contributed by atoms with E-state index in [0.29, 0.717) is 18.4 Å². The van der Waals surface area contributed by atoms with Crippen LogP contribution in [0.5, 0.6) is 0 Å². The maximum Gasteiger partial charge on any atom is 0.314 e. The third-order valence-electron chi connectivity index (χ3n) is 2.55. The third kappa shape index (κ3) is 1.23. The summed E-state index contributed by atoms with van der Waals surface area (Å²) in [5.41, 5.74) is -1.06. The second-order valence-corrected chi connectivity index (χ2v) is 3.84. The molecule has 1 aliphatic rings. The molecule has 0 unspecified atom stereocenters. The van der Waals surface area contributed by atoms with E-state index in [9.17, 15) is 9.59 Å². The first-order valence-corrected chi connectivity index (χ1v) is 4.57. The SMILES string of the molecule is O=C(O)C1(c2ccc(Cl)[nH]c2=O)CC1. The van der Waals surface area contributed by atoms with Gasteiger partial charge in [0, 0.05) is 5.56 Å². The highest BCUT2D eigenvalue weighted by molar-refractivity contribution is 6.29. The van der Waals surface area contributed by atoms with Gasteiger partial charge in [0.15, 0.2) is 0 Å². The summed E-state index contributed by atoms with van der Waals surface area (Å²) in [6, 6.07) is 2.99. The summed E-state index contributed by atoms with van der Waals surface area (Å²) in [7, 11) is 0. The highest BCUT2D eigenvalue weighted by Crippen LogP contribution is 2.46. The van der Waals surface area contributed by atoms with Crippen LogP contribution in [0.4, 0.5) is 0 Å². The van der Waals surface area contributed by atoms with Gasteiger partial charge in [-0.3, -0.25) is 9.59 Å². The summed E-state index contributed by atoms with van der Waals surface area (Å²) >= 11 is 5.56. The average molecular weight is 214 g/mol. The Morgan fingerprint density at radius 2 is 2.14 bits per heavy atom. The van der Waals surface area contributed by atoms with E-state index in [2.05, 4.69) is 4.98 Å². The summed E-state index contributed by atoms with van der Waals surface area (Å²) in [5.74, 6) is -0.940. The van der Waals surface area contributed by atoms with Crippen LogP contribution in [-0.4, -0.2) is 16.1 Å². The number of carbonyl (C=O) groups is 1. The number of carboxylic acid groups (broad SMARTS) is 1. The smallest absolute Gasteiger partial charge is 0.314 e. The van der Waals surface area contributed by atoms with E-state index in [1.807, 2.05) is 0 Å². The first-order valence-electron chi connectivity index (χ1n) is 4.19. The predicted octanol–water partition coefficient (Wildman–Crippen LogP) is 1.14. The molecular formula is C9H8ClNO3. The van der Waals surface area contributed by atoms with Crippen LogP contribution in [0.3, 0.4) is 0 Å². The van der Waals surface area contributed by atoms with Crippen molar-refractivity contribution in [3.05, 3.63) is 33.2 Å². The number of aromatic amines is 1. The molecule has 5 heteroatoms. The number of hydrogen-bond donors (Lipinski definition) is 2. The Morgan fingerprint density at radius 1 is 1.50 bits per heavy atom. The Balaban J connectivity index is 2.53. The van der Waals surface area contributed by atoms with Gasteiger partial charge in [0.2, 0.25) is 0 Å². The Hall–Kier alpha value is -1.29. The maximum absolute atomic E-state index is 11.4. The van der Waals surface area contributed by atoms with Gasteiger partial charge in [-0.05, 0) is 25.0 Å². The molecule has 1 heterocycles. The number of H-pyrrole nitrogens is 1. The summed E-state index contributed by atoms with van der Waals surface area (Å²) < 4.78 is 0. The number of rotatable bonds is 2. The largest absolute Gasteiger partial charge is 0.481 e. The third-order valence-corrected chi connectivity index (χ3v) is 2.77. The molecule has 14 heavy (non-hydrogen) atoms. The van der Waals surface area contributed by atoms with E-state index in [1.54, 1.807) is 0 Å². The second-order valence-electron chi connectivity index (χ2n) is 3.44. The van der Waals surface area contributed by atoms with Crippen LogP contribution in [0.25, 0.3) is 0 Å². The molecule has 0 amide bonds. The van der Waals surface area contributed by atoms with E-state index < -0.39 is 16.9 Å². The summed E-state index contributed by atoms with van der Waals surface area (Å²) in [5, 5.41) is 9.19. The van der Waals surface area contributed by atoms with Crippen molar-refractivity contribution in [2.24, 2.45) is 0 Å². The lowest BCUT2D eigenvalue weighted by molar-refractivity contribution is -0.140. The highest BCUT2D eigenvalue weighted by atomic mass is 35.5. The van der Waals surface area contributed by atoms with E-state index >= 15 is 0 Å². The molecule has 0 aromatic carbocycles. The predicted molar refractivity (Wildman–Crippen MR) is 50.6 cm³/mol. The van der Waals surface area contributed by atoms with Crippen LogP contribution in [0, 0.1) is 0 Å². The van der Waals surface area contributed by atoms with Gasteiger partial charge in [-0.15, -0.1) is 0 Å². The van der Waals surface area contributed by atoms with Crippen LogP contribution in [0.2, 0.25) is 5.15 Å².